The van der Waals surface area contributed by atoms with E-state index in [1.54, 1.807) is 0 Å². The molecule has 0 spiro atoms. The summed E-state index contributed by atoms with van der Waals surface area (Å²) >= 11 is 0. The molecular weight excluding hydrogens is 186 g/mol. The van der Waals surface area contributed by atoms with Crippen LogP contribution in [0.5, 0.6) is 0 Å². The summed E-state index contributed by atoms with van der Waals surface area (Å²) in [5.74, 6) is 0. The van der Waals surface area contributed by atoms with E-state index in [0.717, 1.165) is 6.42 Å². The Kier molecular flexibility index (Phi) is 6.89. The normalized spacial score (nSPS) is 12.0. The highest BCUT2D eigenvalue weighted by atomic mass is 17.3. The standard InChI is InChI=1S/C4H13N3O6/c1-2-3-4-5(8)12-7(11)13-6(9)10/h8-11H,2-4H2,1H3. The summed E-state index contributed by atoms with van der Waals surface area (Å²) in [6, 6.07) is 0. The fourth-order valence-electron chi connectivity index (χ4n) is 0.492. The van der Waals surface area contributed by atoms with Gasteiger partial charge in [0.15, 0.2) is 0 Å². The quantitative estimate of drug-likeness (QED) is 0.419. The summed E-state index contributed by atoms with van der Waals surface area (Å²) in [7, 11) is 0. The number of rotatable bonds is 7. The minimum absolute atomic E-state index is 0.133. The van der Waals surface area contributed by atoms with Crippen LogP contribution in [0.25, 0.3) is 0 Å². The van der Waals surface area contributed by atoms with Crippen molar-refractivity contribution < 1.29 is 30.7 Å². The van der Waals surface area contributed by atoms with Gasteiger partial charge in [-0.25, -0.2) is 0 Å². The van der Waals surface area contributed by atoms with E-state index in [2.05, 4.69) is 9.88 Å². The largest absolute Gasteiger partial charge is 0.288 e. The third-order valence-corrected chi connectivity index (χ3v) is 1.01. The summed E-state index contributed by atoms with van der Waals surface area (Å²) in [4.78, 5) is 7.67. The molecule has 0 bridgehead atoms. The van der Waals surface area contributed by atoms with Gasteiger partial charge in [-0.3, -0.25) is 20.8 Å². The summed E-state index contributed by atoms with van der Waals surface area (Å²) in [6.45, 7) is 2.03. The molecule has 0 rings (SSSR count). The Labute approximate surface area is 74.1 Å². The molecule has 0 unspecified atom stereocenters. The lowest BCUT2D eigenvalue weighted by atomic mass is 10.3. The molecule has 13 heavy (non-hydrogen) atoms. The highest BCUT2D eigenvalue weighted by molar-refractivity contribution is 4.31. The Morgan fingerprint density at radius 3 is 2.15 bits per heavy atom. The van der Waals surface area contributed by atoms with E-state index >= 15 is 0 Å². The molecule has 0 radical (unpaired) electrons. The van der Waals surface area contributed by atoms with Gasteiger partial charge >= 0.3 is 0 Å². The van der Waals surface area contributed by atoms with Gasteiger partial charge in [0, 0.05) is 0 Å². The molecule has 0 aliphatic rings. The smallest absolute Gasteiger partial charge is 0.117 e. The zero-order valence-corrected chi connectivity index (χ0v) is 7.07. The second-order valence-corrected chi connectivity index (χ2v) is 2.08. The first kappa shape index (κ1) is 12.6. The minimum atomic E-state index is -0.798. The highest BCUT2D eigenvalue weighted by Gasteiger charge is 2.11. The van der Waals surface area contributed by atoms with Crippen molar-refractivity contribution in [2.75, 3.05) is 6.54 Å². The molecule has 4 N–H and O–H groups in total. The lowest BCUT2D eigenvalue weighted by Crippen LogP contribution is -2.35. The van der Waals surface area contributed by atoms with E-state index in [-0.39, 0.29) is 11.8 Å². The van der Waals surface area contributed by atoms with E-state index in [9.17, 15) is 0 Å². The number of hydrogen-bond donors (Lipinski definition) is 4. The molecule has 0 atom stereocenters. The zero-order valence-electron chi connectivity index (χ0n) is 7.07. The molecular formula is C4H13N3O6. The van der Waals surface area contributed by atoms with E-state index in [0.29, 0.717) is 6.42 Å². The van der Waals surface area contributed by atoms with E-state index in [1.807, 2.05) is 6.92 Å². The summed E-state index contributed by atoms with van der Waals surface area (Å²) in [5.41, 5.74) is 0. The fraction of sp³-hybridized carbons (Fsp3) is 1.00. The lowest BCUT2D eigenvalue weighted by molar-refractivity contribution is -0.703. The molecule has 0 aromatic carbocycles. The molecule has 9 nitrogen and oxygen atoms in total. The van der Waals surface area contributed by atoms with Crippen molar-refractivity contribution >= 4 is 0 Å². The van der Waals surface area contributed by atoms with Crippen molar-refractivity contribution in [1.82, 2.24) is 16.0 Å². The van der Waals surface area contributed by atoms with Crippen molar-refractivity contribution in [3.63, 3.8) is 0 Å². The Bertz CT molecular complexity index is 124. The predicted molar refractivity (Wildman–Crippen MR) is 34.6 cm³/mol. The Morgan fingerprint density at radius 2 is 1.69 bits per heavy atom. The van der Waals surface area contributed by atoms with Gasteiger partial charge in [-0.15, -0.1) is 9.88 Å². The van der Waals surface area contributed by atoms with Crippen LogP contribution in [0.3, 0.4) is 0 Å². The van der Waals surface area contributed by atoms with E-state index in [4.69, 9.17) is 20.8 Å². The van der Waals surface area contributed by atoms with Crippen molar-refractivity contribution in [3.8, 4) is 0 Å². The Hall–Kier alpha value is -0.360. The minimum Gasteiger partial charge on any atom is -0.288 e. The van der Waals surface area contributed by atoms with Gasteiger partial charge in [-0.1, -0.05) is 13.3 Å². The second kappa shape index (κ2) is 7.08. The van der Waals surface area contributed by atoms with Gasteiger partial charge in [0.05, 0.1) is 11.9 Å². The predicted octanol–water partition coefficient (Wildman–Crippen LogP) is -0.0575. The van der Waals surface area contributed by atoms with Crippen LogP contribution in [0.4, 0.5) is 0 Å². The number of hydroxylamine groups is 2. The van der Waals surface area contributed by atoms with E-state index < -0.39 is 10.8 Å². The Morgan fingerprint density at radius 1 is 1.08 bits per heavy atom. The van der Waals surface area contributed by atoms with Crippen LogP contribution >= 0.6 is 0 Å². The average Bonchev–Trinajstić information content (AvgIpc) is 1.98. The number of unbranched alkanes of at least 4 members (excludes halogenated alkanes) is 1. The van der Waals surface area contributed by atoms with Crippen LogP contribution in [0.2, 0.25) is 0 Å². The SMILES string of the molecule is CCCCN(O)ON(O)ON(O)O. The van der Waals surface area contributed by atoms with Crippen LogP contribution in [0, 0.1) is 0 Å². The highest BCUT2D eigenvalue weighted by Crippen LogP contribution is 1.95. The maximum absolute atomic E-state index is 8.81. The number of nitrogens with zero attached hydrogens (tertiary/aromatic N) is 3. The van der Waals surface area contributed by atoms with Crippen LogP contribution < -0.4 is 0 Å². The third-order valence-electron chi connectivity index (χ3n) is 1.01. The second-order valence-electron chi connectivity index (χ2n) is 2.08. The molecule has 0 aliphatic heterocycles. The molecule has 0 aromatic heterocycles. The molecule has 0 aliphatic carbocycles. The average molecular weight is 199 g/mol. The third kappa shape index (κ3) is 7.98. The molecule has 0 aromatic rings. The Balaban J connectivity index is 3.46. The van der Waals surface area contributed by atoms with Gasteiger partial charge in [0.1, 0.15) is 5.39 Å². The molecule has 0 heterocycles. The maximum Gasteiger partial charge on any atom is 0.117 e. The van der Waals surface area contributed by atoms with Crippen LogP contribution in [0.15, 0.2) is 0 Å². The van der Waals surface area contributed by atoms with Gasteiger partial charge in [0.2, 0.25) is 0 Å². The van der Waals surface area contributed by atoms with Crippen molar-refractivity contribution in [3.05, 3.63) is 0 Å². The topological polar surface area (TPSA) is 109 Å². The molecule has 0 saturated heterocycles. The van der Waals surface area contributed by atoms with Crippen LogP contribution in [-0.2, 0) is 9.88 Å². The van der Waals surface area contributed by atoms with E-state index in [1.165, 1.54) is 0 Å². The van der Waals surface area contributed by atoms with Gasteiger partial charge < -0.3 is 0 Å². The summed E-state index contributed by atoms with van der Waals surface area (Å²) < 4.78 is 0. The van der Waals surface area contributed by atoms with Gasteiger partial charge in [-0.2, -0.15) is 0 Å². The zero-order chi connectivity index (χ0) is 10.3. The van der Waals surface area contributed by atoms with Crippen molar-refractivity contribution in [1.29, 1.82) is 0 Å². The molecule has 0 amide bonds. The van der Waals surface area contributed by atoms with Crippen molar-refractivity contribution in [2.24, 2.45) is 0 Å². The number of hydrogen-bond acceptors (Lipinski definition) is 9. The molecule has 0 saturated carbocycles. The fourth-order valence-corrected chi connectivity index (χ4v) is 0.492. The monoisotopic (exact) mass is 199 g/mol. The molecule has 0 fully saturated rings. The first-order valence-corrected chi connectivity index (χ1v) is 3.55. The maximum atomic E-state index is 8.81. The molecule has 9 heteroatoms. The van der Waals surface area contributed by atoms with Crippen molar-refractivity contribution in [2.45, 2.75) is 19.8 Å². The van der Waals surface area contributed by atoms with Crippen LogP contribution in [0.1, 0.15) is 19.8 Å². The first-order valence-electron chi connectivity index (χ1n) is 3.55. The summed E-state index contributed by atoms with van der Waals surface area (Å²) in [5, 5.41) is 32.4. The summed E-state index contributed by atoms with van der Waals surface area (Å²) in [6.07, 6.45) is 1.45. The first-order chi connectivity index (χ1) is 6.06. The molecule has 80 valence electrons. The van der Waals surface area contributed by atoms with Gasteiger partial charge in [-0.05, 0) is 11.6 Å². The lowest BCUT2D eigenvalue weighted by Gasteiger charge is -2.18. The van der Waals surface area contributed by atoms with Crippen LogP contribution in [-0.4, -0.2) is 43.4 Å². The van der Waals surface area contributed by atoms with Gasteiger partial charge in [0.25, 0.3) is 0 Å².